The minimum absolute atomic E-state index is 0.194. The van der Waals surface area contributed by atoms with Crippen LogP contribution in [0.25, 0.3) is 0 Å². The lowest BCUT2D eigenvalue weighted by Crippen LogP contribution is -2.16. The number of hydrogen-bond donors (Lipinski definition) is 0. The van der Waals surface area contributed by atoms with Gasteiger partial charge in [-0.25, -0.2) is 0 Å². The second kappa shape index (κ2) is 6.37. The first-order chi connectivity index (χ1) is 5.65. The maximum absolute atomic E-state index is 8.94. The van der Waals surface area contributed by atoms with E-state index in [2.05, 4.69) is 33.8 Å². The number of rotatable bonds is 5. The minimum atomic E-state index is 0.194. The van der Waals surface area contributed by atoms with Crippen molar-refractivity contribution in [3.8, 4) is 6.07 Å². The van der Waals surface area contributed by atoms with Crippen molar-refractivity contribution in [3.05, 3.63) is 0 Å². The fraction of sp³-hybridized carbons (Fsp3) is 0.900. The lowest BCUT2D eigenvalue weighted by atomic mass is 10.0. The molecular formula is C10H19NS. The number of hydrogen-bond acceptors (Lipinski definition) is 2. The summed E-state index contributed by atoms with van der Waals surface area (Å²) in [6, 6.07) is 2.40. The van der Waals surface area contributed by atoms with Crippen molar-refractivity contribution >= 4 is 11.8 Å². The zero-order chi connectivity index (χ0) is 9.56. The van der Waals surface area contributed by atoms with E-state index in [0.717, 1.165) is 12.8 Å². The average molecular weight is 185 g/mol. The Kier molecular flexibility index (Phi) is 6.28. The normalized spacial score (nSPS) is 13.4. The third-order valence-corrected chi connectivity index (χ3v) is 3.35. The molecule has 1 nitrogen and oxygen atoms in total. The molecule has 0 saturated carbocycles. The lowest BCUT2D eigenvalue weighted by molar-refractivity contribution is 0.514. The van der Waals surface area contributed by atoms with Gasteiger partial charge in [0.25, 0.3) is 0 Å². The SMILES string of the molecule is CCC(CC)C(C#N)SC(C)C. The number of nitrogens with zero attached hydrogens (tertiary/aromatic N) is 1. The van der Waals surface area contributed by atoms with Gasteiger partial charge in [-0.1, -0.05) is 40.5 Å². The van der Waals surface area contributed by atoms with Gasteiger partial charge in [0.05, 0.1) is 11.3 Å². The largest absolute Gasteiger partial charge is 0.197 e. The van der Waals surface area contributed by atoms with Crippen molar-refractivity contribution in [2.75, 3.05) is 0 Å². The molecule has 0 aliphatic rings. The molecule has 0 aliphatic heterocycles. The van der Waals surface area contributed by atoms with Crippen LogP contribution in [0, 0.1) is 17.2 Å². The standard InChI is InChI=1S/C10H19NS/c1-5-9(6-2)10(7-11)12-8(3)4/h8-10H,5-6H2,1-4H3. The quantitative estimate of drug-likeness (QED) is 0.655. The van der Waals surface area contributed by atoms with Crippen molar-refractivity contribution in [3.63, 3.8) is 0 Å². The summed E-state index contributed by atoms with van der Waals surface area (Å²) in [5.74, 6) is 0.572. The summed E-state index contributed by atoms with van der Waals surface area (Å²) in [5, 5.41) is 9.70. The van der Waals surface area contributed by atoms with E-state index in [1.54, 1.807) is 11.8 Å². The van der Waals surface area contributed by atoms with Gasteiger partial charge in [0, 0.05) is 5.25 Å². The molecule has 12 heavy (non-hydrogen) atoms. The van der Waals surface area contributed by atoms with Crippen LogP contribution in [-0.2, 0) is 0 Å². The molecule has 70 valence electrons. The first-order valence-electron chi connectivity index (χ1n) is 4.70. The van der Waals surface area contributed by atoms with Gasteiger partial charge in [-0.15, -0.1) is 11.8 Å². The lowest BCUT2D eigenvalue weighted by Gasteiger charge is -2.19. The fourth-order valence-electron chi connectivity index (χ4n) is 1.26. The van der Waals surface area contributed by atoms with Gasteiger partial charge in [0.2, 0.25) is 0 Å². The van der Waals surface area contributed by atoms with Crippen LogP contribution < -0.4 is 0 Å². The molecule has 0 aromatic rings. The zero-order valence-electron chi connectivity index (χ0n) is 8.50. The van der Waals surface area contributed by atoms with E-state index >= 15 is 0 Å². The Morgan fingerprint density at radius 3 is 2.00 bits per heavy atom. The number of nitriles is 1. The van der Waals surface area contributed by atoms with Gasteiger partial charge in [-0.05, 0) is 5.92 Å². The molecule has 0 heterocycles. The van der Waals surface area contributed by atoms with Crippen LogP contribution in [0.15, 0.2) is 0 Å². The van der Waals surface area contributed by atoms with Gasteiger partial charge in [0.15, 0.2) is 0 Å². The van der Waals surface area contributed by atoms with Gasteiger partial charge in [-0.3, -0.25) is 0 Å². The van der Waals surface area contributed by atoms with Crippen molar-refractivity contribution in [2.45, 2.75) is 51.0 Å². The summed E-state index contributed by atoms with van der Waals surface area (Å²) in [7, 11) is 0. The molecule has 0 amide bonds. The van der Waals surface area contributed by atoms with E-state index in [1.807, 2.05) is 0 Å². The molecule has 0 aliphatic carbocycles. The third kappa shape index (κ3) is 4.01. The fourth-order valence-corrected chi connectivity index (χ4v) is 2.51. The summed E-state index contributed by atoms with van der Waals surface area (Å²) in [6.07, 6.45) is 2.24. The predicted molar refractivity (Wildman–Crippen MR) is 56.2 cm³/mol. The molecule has 0 saturated heterocycles. The molecule has 0 radical (unpaired) electrons. The highest BCUT2D eigenvalue weighted by Crippen LogP contribution is 2.27. The summed E-state index contributed by atoms with van der Waals surface area (Å²) < 4.78 is 0. The van der Waals surface area contributed by atoms with Gasteiger partial charge >= 0.3 is 0 Å². The van der Waals surface area contributed by atoms with Crippen molar-refractivity contribution in [2.24, 2.45) is 5.92 Å². The zero-order valence-corrected chi connectivity index (χ0v) is 9.32. The molecule has 1 atom stereocenters. The molecule has 0 aromatic heterocycles. The summed E-state index contributed by atoms with van der Waals surface area (Å²) in [5.41, 5.74) is 0. The molecule has 0 rings (SSSR count). The van der Waals surface area contributed by atoms with E-state index in [1.165, 1.54) is 0 Å². The summed E-state index contributed by atoms with van der Waals surface area (Å²) in [6.45, 7) is 8.63. The van der Waals surface area contributed by atoms with Crippen LogP contribution in [0.3, 0.4) is 0 Å². The maximum Gasteiger partial charge on any atom is 0.0947 e. The monoisotopic (exact) mass is 185 g/mol. The van der Waals surface area contributed by atoms with Crippen molar-refractivity contribution in [1.82, 2.24) is 0 Å². The van der Waals surface area contributed by atoms with Crippen LogP contribution in [0.5, 0.6) is 0 Å². The van der Waals surface area contributed by atoms with Crippen molar-refractivity contribution < 1.29 is 0 Å². The number of thioether (sulfide) groups is 1. The molecule has 0 spiro atoms. The first-order valence-corrected chi connectivity index (χ1v) is 5.65. The highest BCUT2D eigenvalue weighted by Gasteiger charge is 2.19. The summed E-state index contributed by atoms with van der Waals surface area (Å²) in [4.78, 5) is 0. The molecule has 1 unspecified atom stereocenters. The maximum atomic E-state index is 8.94. The van der Waals surface area contributed by atoms with Gasteiger partial charge < -0.3 is 0 Å². The highest BCUT2D eigenvalue weighted by atomic mass is 32.2. The van der Waals surface area contributed by atoms with E-state index in [0.29, 0.717) is 11.2 Å². The Balaban J connectivity index is 4.04. The van der Waals surface area contributed by atoms with Crippen LogP contribution in [0.1, 0.15) is 40.5 Å². The molecular weight excluding hydrogens is 166 g/mol. The van der Waals surface area contributed by atoms with Gasteiger partial charge in [-0.2, -0.15) is 5.26 Å². The molecule has 0 aromatic carbocycles. The third-order valence-electron chi connectivity index (χ3n) is 2.02. The van der Waals surface area contributed by atoms with E-state index in [4.69, 9.17) is 5.26 Å². The molecule has 2 heteroatoms. The molecule has 0 N–H and O–H groups in total. The van der Waals surface area contributed by atoms with Crippen molar-refractivity contribution in [1.29, 1.82) is 5.26 Å². The minimum Gasteiger partial charge on any atom is -0.197 e. The van der Waals surface area contributed by atoms with Crippen LogP contribution in [0.4, 0.5) is 0 Å². The van der Waals surface area contributed by atoms with Crippen LogP contribution in [0.2, 0.25) is 0 Å². The van der Waals surface area contributed by atoms with Crippen LogP contribution >= 0.6 is 11.8 Å². The smallest absolute Gasteiger partial charge is 0.0947 e. The Bertz CT molecular complexity index is 144. The molecule has 0 fully saturated rings. The highest BCUT2D eigenvalue weighted by molar-refractivity contribution is 8.00. The Hall–Kier alpha value is -0.160. The van der Waals surface area contributed by atoms with E-state index in [9.17, 15) is 0 Å². The van der Waals surface area contributed by atoms with E-state index in [-0.39, 0.29) is 5.25 Å². The predicted octanol–water partition coefficient (Wildman–Crippen LogP) is 3.46. The topological polar surface area (TPSA) is 23.8 Å². The Labute approximate surface area is 80.5 Å². The second-order valence-electron chi connectivity index (χ2n) is 3.31. The average Bonchev–Trinajstić information content (AvgIpc) is 2.04. The second-order valence-corrected chi connectivity index (χ2v) is 5.03. The van der Waals surface area contributed by atoms with E-state index < -0.39 is 0 Å². The Morgan fingerprint density at radius 2 is 1.75 bits per heavy atom. The Morgan fingerprint density at radius 1 is 1.25 bits per heavy atom. The van der Waals surface area contributed by atoms with Crippen LogP contribution in [-0.4, -0.2) is 10.5 Å². The first kappa shape index (κ1) is 11.8. The van der Waals surface area contributed by atoms with Gasteiger partial charge in [0.1, 0.15) is 0 Å². The summed E-state index contributed by atoms with van der Waals surface area (Å²) >= 11 is 1.80. The molecule has 0 bridgehead atoms.